The van der Waals surface area contributed by atoms with E-state index in [0.29, 0.717) is 17.8 Å². The molecular weight excluding hydrogens is 470 g/mol. The van der Waals surface area contributed by atoms with Crippen LogP contribution in [0.2, 0.25) is 0 Å². The smallest absolute Gasteiger partial charge is 0.391 e. The lowest BCUT2D eigenvalue weighted by Gasteiger charge is -2.19. The average Bonchev–Trinajstić information content (AvgIpc) is 2.82. The molecule has 0 unspecified atom stereocenters. The van der Waals surface area contributed by atoms with Crippen LogP contribution in [0, 0.1) is 13.8 Å². The van der Waals surface area contributed by atoms with Crippen LogP contribution < -0.4 is 26.4 Å². The van der Waals surface area contributed by atoms with Crippen molar-refractivity contribution < 1.29 is 14.3 Å². The summed E-state index contributed by atoms with van der Waals surface area (Å²) >= 11 is 0. The van der Waals surface area contributed by atoms with Crippen molar-refractivity contribution in [1.82, 2.24) is 20.3 Å². The second-order valence-electron chi connectivity index (χ2n) is 9.91. The number of nitrogens with one attached hydrogen (secondary N) is 3. The molecule has 37 heavy (non-hydrogen) atoms. The van der Waals surface area contributed by atoms with Crippen LogP contribution >= 0.6 is 0 Å². The van der Waals surface area contributed by atoms with E-state index in [1.165, 1.54) is 10.2 Å². The van der Waals surface area contributed by atoms with Gasteiger partial charge in [0.05, 0.1) is 6.42 Å². The SMILES string of the molecule is Cc1ccn(NCCc2ccccc2)c(=O)c1CC(=O)NCc1ccc(OC(=O)NC(C)(C)C)nc1C. The number of benzene rings is 1. The molecule has 9 nitrogen and oxygen atoms in total. The number of hydrogen-bond acceptors (Lipinski definition) is 6. The number of ether oxygens (including phenoxy) is 1. The molecule has 2 amide bonds. The van der Waals surface area contributed by atoms with Gasteiger partial charge in [-0.2, -0.15) is 0 Å². The Hall–Kier alpha value is -4.14. The third kappa shape index (κ3) is 8.49. The van der Waals surface area contributed by atoms with Gasteiger partial charge in [-0.25, -0.2) is 14.5 Å². The fourth-order valence-electron chi connectivity index (χ4n) is 3.63. The minimum Gasteiger partial charge on any atom is -0.391 e. The molecule has 3 aromatic rings. The first-order valence-corrected chi connectivity index (χ1v) is 12.2. The second-order valence-corrected chi connectivity index (χ2v) is 9.91. The number of pyridine rings is 2. The van der Waals surface area contributed by atoms with Crippen molar-refractivity contribution in [3.8, 4) is 5.88 Å². The van der Waals surface area contributed by atoms with Gasteiger partial charge in [0.1, 0.15) is 0 Å². The van der Waals surface area contributed by atoms with Gasteiger partial charge in [-0.1, -0.05) is 36.4 Å². The van der Waals surface area contributed by atoms with Crippen LogP contribution in [-0.4, -0.2) is 33.7 Å². The first-order chi connectivity index (χ1) is 17.5. The highest BCUT2D eigenvalue weighted by Gasteiger charge is 2.17. The van der Waals surface area contributed by atoms with E-state index in [9.17, 15) is 14.4 Å². The van der Waals surface area contributed by atoms with E-state index in [1.807, 2.05) is 64.1 Å². The molecule has 0 aliphatic carbocycles. The fraction of sp³-hybridized carbons (Fsp3) is 0.357. The molecule has 1 aromatic carbocycles. The molecular formula is C28H35N5O4. The van der Waals surface area contributed by atoms with Crippen molar-refractivity contribution in [2.75, 3.05) is 12.0 Å². The Balaban J connectivity index is 1.56. The Morgan fingerprint density at radius 3 is 2.43 bits per heavy atom. The maximum absolute atomic E-state index is 13.0. The van der Waals surface area contributed by atoms with Gasteiger partial charge in [-0.05, 0) is 63.8 Å². The number of aryl methyl sites for hydroxylation is 2. The molecule has 0 fully saturated rings. The van der Waals surface area contributed by atoms with Crippen LogP contribution in [0.1, 0.15) is 48.7 Å². The molecule has 2 aromatic heterocycles. The van der Waals surface area contributed by atoms with E-state index in [0.717, 1.165) is 17.5 Å². The number of rotatable bonds is 9. The molecule has 0 spiro atoms. The summed E-state index contributed by atoms with van der Waals surface area (Å²) in [5.74, 6) is -0.0962. The summed E-state index contributed by atoms with van der Waals surface area (Å²) in [5, 5.41) is 5.56. The number of nitrogens with zero attached hydrogens (tertiary/aromatic N) is 2. The molecule has 196 valence electrons. The summed E-state index contributed by atoms with van der Waals surface area (Å²) in [6.45, 7) is 9.98. The Morgan fingerprint density at radius 1 is 1.03 bits per heavy atom. The van der Waals surface area contributed by atoms with Crippen LogP contribution in [0.25, 0.3) is 0 Å². The van der Waals surface area contributed by atoms with Crippen molar-refractivity contribution in [2.24, 2.45) is 0 Å². The highest BCUT2D eigenvalue weighted by atomic mass is 16.6. The zero-order chi connectivity index (χ0) is 27.0. The third-order valence-electron chi connectivity index (χ3n) is 5.62. The minimum absolute atomic E-state index is 0.0352. The lowest BCUT2D eigenvalue weighted by Crippen LogP contribution is -2.42. The Labute approximate surface area is 217 Å². The highest BCUT2D eigenvalue weighted by Crippen LogP contribution is 2.13. The molecule has 2 heterocycles. The molecule has 0 radical (unpaired) electrons. The summed E-state index contributed by atoms with van der Waals surface area (Å²) < 4.78 is 6.66. The van der Waals surface area contributed by atoms with Crippen LogP contribution in [0.5, 0.6) is 5.88 Å². The molecule has 3 N–H and O–H groups in total. The maximum atomic E-state index is 13.0. The molecule has 3 rings (SSSR count). The van der Waals surface area contributed by atoms with Crippen LogP contribution in [0.3, 0.4) is 0 Å². The van der Waals surface area contributed by atoms with Crippen LogP contribution in [-0.2, 0) is 24.2 Å². The van der Waals surface area contributed by atoms with Crippen molar-refractivity contribution >= 4 is 12.0 Å². The molecule has 0 aliphatic heterocycles. The number of hydrogen-bond donors (Lipinski definition) is 3. The summed E-state index contributed by atoms with van der Waals surface area (Å²) in [5.41, 5.74) is 6.24. The van der Waals surface area contributed by atoms with E-state index in [2.05, 4.69) is 21.0 Å². The molecule has 0 aliphatic rings. The Morgan fingerprint density at radius 2 is 1.76 bits per heavy atom. The molecule has 9 heteroatoms. The summed E-state index contributed by atoms with van der Waals surface area (Å²) in [6, 6.07) is 15.2. The standard InChI is InChI=1S/C28H35N5O4/c1-19-14-16-33(30-15-13-21-9-7-6-8-10-21)26(35)23(19)17-24(34)29-18-22-11-12-25(31-20(22)2)37-27(36)32-28(3,4)5/h6-12,14,16,30H,13,15,17-18H2,1-5H3,(H,29,34)(H,32,36). The van der Waals surface area contributed by atoms with Crippen molar-refractivity contribution in [3.63, 3.8) is 0 Å². The average molecular weight is 506 g/mol. The minimum atomic E-state index is -0.584. The normalized spacial score (nSPS) is 11.1. The highest BCUT2D eigenvalue weighted by molar-refractivity contribution is 5.78. The molecule has 0 bridgehead atoms. The number of carbonyl (C=O) groups excluding carboxylic acids is 2. The van der Waals surface area contributed by atoms with E-state index in [1.54, 1.807) is 25.3 Å². The van der Waals surface area contributed by atoms with Crippen molar-refractivity contribution in [1.29, 1.82) is 0 Å². The summed E-state index contributed by atoms with van der Waals surface area (Å²) in [7, 11) is 0. The van der Waals surface area contributed by atoms with Gasteiger partial charge in [0.2, 0.25) is 11.8 Å². The van der Waals surface area contributed by atoms with Gasteiger partial charge in [0.25, 0.3) is 5.56 Å². The predicted molar refractivity (Wildman–Crippen MR) is 143 cm³/mol. The molecule has 0 saturated heterocycles. The van der Waals surface area contributed by atoms with Gasteiger partial charge in [0.15, 0.2) is 0 Å². The van der Waals surface area contributed by atoms with Crippen molar-refractivity contribution in [3.05, 3.63) is 93.0 Å². The monoisotopic (exact) mass is 505 g/mol. The number of amides is 2. The van der Waals surface area contributed by atoms with E-state index >= 15 is 0 Å². The first kappa shape index (κ1) is 27.4. The lowest BCUT2D eigenvalue weighted by molar-refractivity contribution is -0.120. The van der Waals surface area contributed by atoms with Gasteiger partial charge in [-0.15, -0.1) is 0 Å². The number of aromatic nitrogens is 2. The number of carbonyl (C=O) groups is 2. The molecule has 0 atom stereocenters. The largest absolute Gasteiger partial charge is 0.414 e. The second kappa shape index (κ2) is 12.2. The van der Waals surface area contributed by atoms with Crippen molar-refractivity contribution in [2.45, 2.75) is 59.5 Å². The molecule has 0 saturated carbocycles. The van der Waals surface area contributed by atoms with Crippen LogP contribution in [0.15, 0.2) is 59.5 Å². The maximum Gasteiger partial charge on any atom is 0.414 e. The Bertz CT molecular complexity index is 1300. The third-order valence-corrected chi connectivity index (χ3v) is 5.62. The first-order valence-electron chi connectivity index (χ1n) is 12.2. The van der Waals surface area contributed by atoms with E-state index in [-0.39, 0.29) is 30.3 Å². The van der Waals surface area contributed by atoms with Gasteiger partial charge >= 0.3 is 6.09 Å². The summed E-state index contributed by atoms with van der Waals surface area (Å²) in [4.78, 5) is 41.9. The van der Waals surface area contributed by atoms with Gasteiger partial charge in [0, 0.05) is 42.1 Å². The van der Waals surface area contributed by atoms with Crippen LogP contribution in [0.4, 0.5) is 4.79 Å². The van der Waals surface area contributed by atoms with Gasteiger partial charge in [-0.3, -0.25) is 9.59 Å². The zero-order valence-corrected chi connectivity index (χ0v) is 22.1. The topological polar surface area (TPSA) is 114 Å². The zero-order valence-electron chi connectivity index (χ0n) is 22.1. The quantitative estimate of drug-likeness (QED) is 0.411. The lowest BCUT2D eigenvalue weighted by atomic mass is 10.1. The Kier molecular flexibility index (Phi) is 9.05. The summed E-state index contributed by atoms with van der Waals surface area (Å²) in [6.07, 6.45) is 1.84. The fourth-order valence-corrected chi connectivity index (χ4v) is 3.63. The van der Waals surface area contributed by atoms with E-state index < -0.39 is 11.6 Å². The van der Waals surface area contributed by atoms with Gasteiger partial charge < -0.3 is 20.8 Å². The van der Waals surface area contributed by atoms with E-state index in [4.69, 9.17) is 4.74 Å². The predicted octanol–water partition coefficient (Wildman–Crippen LogP) is 3.39.